The lowest BCUT2D eigenvalue weighted by Gasteiger charge is -2.06. The second-order valence-electron chi connectivity index (χ2n) is 5.43. The largest absolute Gasteiger partial charge is 0.339 e. The van der Waals surface area contributed by atoms with E-state index in [9.17, 15) is 0 Å². The molecule has 108 valence electrons. The van der Waals surface area contributed by atoms with Gasteiger partial charge < -0.3 is 4.98 Å². The van der Waals surface area contributed by atoms with Crippen molar-refractivity contribution in [3.63, 3.8) is 0 Å². The van der Waals surface area contributed by atoms with E-state index >= 15 is 0 Å². The zero-order valence-electron chi connectivity index (χ0n) is 12.3. The lowest BCUT2D eigenvalue weighted by atomic mass is 10.1. The molecule has 0 aliphatic rings. The minimum atomic E-state index is 0.966. The van der Waals surface area contributed by atoms with Crippen LogP contribution in [-0.2, 0) is 5.75 Å². The van der Waals surface area contributed by atoms with Crippen LogP contribution in [0.2, 0.25) is 0 Å². The zero-order valence-corrected chi connectivity index (χ0v) is 13.2. The summed E-state index contributed by atoms with van der Waals surface area (Å²) in [6, 6.07) is 19.2. The fourth-order valence-electron chi connectivity index (χ4n) is 2.80. The van der Waals surface area contributed by atoms with Crippen LogP contribution in [0.3, 0.4) is 0 Å². The van der Waals surface area contributed by atoms with Crippen LogP contribution in [-0.4, -0.2) is 9.97 Å². The lowest BCUT2D eigenvalue weighted by molar-refractivity contribution is 1.33. The SMILES string of the molecule is Cc1ccc(SCc2ccccc2)c2c1[nH]c1ncccc12. The molecule has 22 heavy (non-hydrogen) atoms. The van der Waals surface area contributed by atoms with Crippen molar-refractivity contribution in [1.82, 2.24) is 9.97 Å². The molecule has 0 radical (unpaired) electrons. The molecule has 0 unspecified atom stereocenters. The third kappa shape index (κ3) is 2.28. The number of hydrogen-bond acceptors (Lipinski definition) is 2. The number of H-pyrrole nitrogens is 1. The number of aromatic amines is 1. The van der Waals surface area contributed by atoms with E-state index in [-0.39, 0.29) is 0 Å². The maximum atomic E-state index is 4.45. The summed E-state index contributed by atoms with van der Waals surface area (Å²) in [6.45, 7) is 2.14. The predicted octanol–water partition coefficient (Wildman–Crippen LogP) is 5.32. The summed E-state index contributed by atoms with van der Waals surface area (Å²) in [4.78, 5) is 9.22. The van der Waals surface area contributed by atoms with E-state index in [1.54, 1.807) is 0 Å². The average molecular weight is 304 g/mol. The van der Waals surface area contributed by atoms with E-state index in [0.717, 1.165) is 11.4 Å². The highest BCUT2D eigenvalue weighted by Gasteiger charge is 2.11. The molecule has 0 bridgehead atoms. The Morgan fingerprint density at radius 3 is 2.73 bits per heavy atom. The Labute approximate surface area is 133 Å². The molecule has 0 aliphatic heterocycles. The molecule has 2 aromatic carbocycles. The number of pyridine rings is 1. The Bertz CT molecular complexity index is 942. The molecule has 0 amide bonds. The van der Waals surface area contributed by atoms with Gasteiger partial charge >= 0.3 is 0 Å². The van der Waals surface area contributed by atoms with E-state index < -0.39 is 0 Å². The van der Waals surface area contributed by atoms with Gasteiger partial charge in [-0.3, -0.25) is 0 Å². The van der Waals surface area contributed by atoms with Crippen LogP contribution in [0.4, 0.5) is 0 Å². The number of fused-ring (bicyclic) bond motifs is 3. The monoisotopic (exact) mass is 304 g/mol. The molecule has 4 rings (SSSR count). The molecule has 2 nitrogen and oxygen atoms in total. The Kier molecular flexibility index (Phi) is 3.35. The van der Waals surface area contributed by atoms with E-state index in [1.807, 2.05) is 24.0 Å². The molecule has 0 aliphatic carbocycles. The van der Waals surface area contributed by atoms with Crippen molar-refractivity contribution in [3.05, 3.63) is 71.9 Å². The van der Waals surface area contributed by atoms with Gasteiger partial charge in [-0.2, -0.15) is 0 Å². The molecular formula is C19H16N2S. The first-order valence-electron chi connectivity index (χ1n) is 7.35. The fourth-order valence-corrected chi connectivity index (χ4v) is 3.83. The molecule has 0 saturated heterocycles. The smallest absolute Gasteiger partial charge is 0.138 e. The highest BCUT2D eigenvalue weighted by molar-refractivity contribution is 7.98. The van der Waals surface area contributed by atoms with Crippen molar-refractivity contribution in [2.24, 2.45) is 0 Å². The van der Waals surface area contributed by atoms with Gasteiger partial charge in [0.25, 0.3) is 0 Å². The van der Waals surface area contributed by atoms with Gasteiger partial charge in [-0.25, -0.2) is 4.98 Å². The van der Waals surface area contributed by atoms with Crippen LogP contribution in [0.25, 0.3) is 21.9 Å². The Balaban J connectivity index is 1.82. The van der Waals surface area contributed by atoms with Crippen LogP contribution < -0.4 is 0 Å². The Hall–Kier alpha value is -2.26. The average Bonchev–Trinajstić information content (AvgIpc) is 2.96. The first kappa shape index (κ1) is 13.4. The predicted molar refractivity (Wildman–Crippen MR) is 94.3 cm³/mol. The maximum absolute atomic E-state index is 4.45. The van der Waals surface area contributed by atoms with Crippen LogP contribution in [0.15, 0.2) is 65.7 Å². The number of nitrogens with one attached hydrogen (secondary N) is 1. The highest BCUT2D eigenvalue weighted by atomic mass is 32.2. The van der Waals surface area contributed by atoms with Gasteiger partial charge in [0.2, 0.25) is 0 Å². The molecule has 2 heterocycles. The van der Waals surface area contributed by atoms with Crippen LogP contribution in [0.5, 0.6) is 0 Å². The third-order valence-corrected chi connectivity index (χ3v) is 5.06. The van der Waals surface area contributed by atoms with Crippen molar-refractivity contribution >= 4 is 33.7 Å². The topological polar surface area (TPSA) is 28.7 Å². The van der Waals surface area contributed by atoms with Crippen LogP contribution in [0, 0.1) is 6.92 Å². The van der Waals surface area contributed by atoms with Gasteiger partial charge in [-0.05, 0) is 36.2 Å². The number of benzene rings is 2. The zero-order chi connectivity index (χ0) is 14.9. The summed E-state index contributed by atoms with van der Waals surface area (Å²) in [5.74, 6) is 0.978. The highest BCUT2D eigenvalue weighted by Crippen LogP contribution is 2.36. The van der Waals surface area contributed by atoms with Crippen LogP contribution in [0.1, 0.15) is 11.1 Å². The van der Waals surface area contributed by atoms with E-state index in [2.05, 4.69) is 65.4 Å². The summed E-state index contributed by atoms with van der Waals surface area (Å²) in [7, 11) is 0. The van der Waals surface area contributed by atoms with Crippen molar-refractivity contribution < 1.29 is 0 Å². The van der Waals surface area contributed by atoms with E-state index in [4.69, 9.17) is 0 Å². The molecule has 0 fully saturated rings. The number of nitrogens with zero attached hydrogens (tertiary/aromatic N) is 1. The second-order valence-corrected chi connectivity index (χ2v) is 6.45. The van der Waals surface area contributed by atoms with E-state index in [0.29, 0.717) is 0 Å². The maximum Gasteiger partial charge on any atom is 0.138 e. The number of hydrogen-bond donors (Lipinski definition) is 1. The Morgan fingerprint density at radius 2 is 1.86 bits per heavy atom. The van der Waals surface area contributed by atoms with Crippen molar-refractivity contribution in [3.8, 4) is 0 Å². The molecule has 2 aromatic heterocycles. The summed E-state index contributed by atoms with van der Waals surface area (Å²) < 4.78 is 0. The first-order chi connectivity index (χ1) is 10.8. The number of aromatic nitrogens is 2. The molecule has 4 aromatic rings. The van der Waals surface area contributed by atoms with Crippen LogP contribution >= 0.6 is 11.8 Å². The van der Waals surface area contributed by atoms with Crippen molar-refractivity contribution in [2.75, 3.05) is 0 Å². The number of thioether (sulfide) groups is 1. The van der Waals surface area contributed by atoms with Gasteiger partial charge in [0.1, 0.15) is 5.65 Å². The van der Waals surface area contributed by atoms with E-state index in [1.165, 1.54) is 32.3 Å². The molecule has 0 atom stereocenters. The van der Waals surface area contributed by atoms with Crippen molar-refractivity contribution in [2.45, 2.75) is 17.6 Å². The third-order valence-electron chi connectivity index (χ3n) is 3.93. The van der Waals surface area contributed by atoms with Gasteiger partial charge in [-0.15, -0.1) is 11.8 Å². The van der Waals surface area contributed by atoms with Gasteiger partial charge in [-0.1, -0.05) is 36.4 Å². The molecule has 0 spiro atoms. The minimum Gasteiger partial charge on any atom is -0.339 e. The standard InChI is InChI=1S/C19H16N2S/c1-13-9-10-16(22-12-14-6-3-2-4-7-14)17-15-8-5-11-20-19(15)21-18(13)17/h2-11H,12H2,1H3,(H,20,21). The normalized spacial score (nSPS) is 11.3. The fraction of sp³-hybridized carbons (Fsp3) is 0.105. The summed E-state index contributed by atoms with van der Waals surface area (Å²) in [5, 5.41) is 2.50. The number of rotatable bonds is 3. The number of aryl methyl sites for hydroxylation is 1. The second kappa shape index (κ2) is 5.50. The quantitative estimate of drug-likeness (QED) is 0.519. The summed E-state index contributed by atoms with van der Waals surface area (Å²) in [5.41, 5.74) is 4.77. The Morgan fingerprint density at radius 1 is 1.00 bits per heavy atom. The van der Waals surface area contributed by atoms with Gasteiger partial charge in [0.05, 0.1) is 5.52 Å². The van der Waals surface area contributed by atoms with Crippen molar-refractivity contribution in [1.29, 1.82) is 0 Å². The van der Waals surface area contributed by atoms with Gasteiger partial charge in [0, 0.05) is 27.6 Å². The van der Waals surface area contributed by atoms with Gasteiger partial charge in [0.15, 0.2) is 0 Å². The summed E-state index contributed by atoms with van der Waals surface area (Å²) >= 11 is 1.88. The molecule has 1 N–H and O–H groups in total. The molecule has 0 saturated carbocycles. The summed E-state index contributed by atoms with van der Waals surface area (Å²) in [6.07, 6.45) is 1.84. The molecule has 3 heteroatoms. The lowest BCUT2D eigenvalue weighted by Crippen LogP contribution is -1.83. The minimum absolute atomic E-state index is 0.966. The molecular weight excluding hydrogens is 288 g/mol. The first-order valence-corrected chi connectivity index (χ1v) is 8.34.